The van der Waals surface area contributed by atoms with Crippen molar-refractivity contribution in [1.82, 2.24) is 4.98 Å². The lowest BCUT2D eigenvalue weighted by atomic mass is 10.0. The molecule has 0 aromatic carbocycles. The van der Waals surface area contributed by atoms with E-state index >= 15 is 0 Å². The van der Waals surface area contributed by atoms with Crippen LogP contribution in [0, 0.1) is 17.6 Å². The number of hydrogen-bond donors (Lipinski definition) is 2. The summed E-state index contributed by atoms with van der Waals surface area (Å²) in [5.74, 6) is -1.04. The number of nitrogens with zero attached hydrogens (tertiary/aromatic N) is 1. The number of halogens is 2. The van der Waals surface area contributed by atoms with Gasteiger partial charge in [-0.15, -0.1) is 0 Å². The van der Waals surface area contributed by atoms with E-state index in [-0.39, 0.29) is 18.3 Å². The minimum Gasteiger partial charge on any atom is -0.396 e. The highest BCUT2D eigenvalue weighted by Gasteiger charge is 2.10. The Labute approximate surface area is 99.9 Å². The third-order valence-electron chi connectivity index (χ3n) is 2.60. The van der Waals surface area contributed by atoms with Gasteiger partial charge in [0.05, 0.1) is 6.20 Å². The summed E-state index contributed by atoms with van der Waals surface area (Å²) >= 11 is 0. The normalized spacial score (nSPS) is 12.5. The predicted octanol–water partition coefficient (Wildman–Crippen LogP) is 2.57. The molecule has 0 bridgehead atoms. The number of hydrogen-bond acceptors (Lipinski definition) is 3. The molecule has 0 aliphatic rings. The largest absolute Gasteiger partial charge is 0.396 e. The highest BCUT2D eigenvalue weighted by Crippen LogP contribution is 2.15. The molecule has 5 heteroatoms. The molecule has 0 spiro atoms. The van der Waals surface area contributed by atoms with Crippen LogP contribution in [0.25, 0.3) is 0 Å². The zero-order valence-electron chi connectivity index (χ0n) is 9.92. The van der Waals surface area contributed by atoms with Crippen molar-refractivity contribution in [3.05, 3.63) is 23.9 Å². The molecule has 1 aromatic heterocycles. The van der Waals surface area contributed by atoms with Gasteiger partial charge in [-0.05, 0) is 18.8 Å². The highest BCUT2D eigenvalue weighted by atomic mass is 19.1. The summed E-state index contributed by atoms with van der Waals surface area (Å²) < 4.78 is 25.9. The van der Waals surface area contributed by atoms with Crippen molar-refractivity contribution in [2.24, 2.45) is 5.92 Å². The Balaban J connectivity index is 2.52. The number of pyridine rings is 1. The average molecular weight is 244 g/mol. The Morgan fingerprint density at radius 3 is 2.76 bits per heavy atom. The predicted molar refractivity (Wildman–Crippen MR) is 62.7 cm³/mol. The van der Waals surface area contributed by atoms with Gasteiger partial charge in [0, 0.05) is 19.2 Å². The van der Waals surface area contributed by atoms with Gasteiger partial charge in [-0.1, -0.05) is 13.3 Å². The molecule has 0 aliphatic carbocycles. The zero-order chi connectivity index (χ0) is 12.7. The van der Waals surface area contributed by atoms with Crippen molar-refractivity contribution in [1.29, 1.82) is 0 Å². The lowest BCUT2D eigenvalue weighted by molar-refractivity contribution is 0.255. The smallest absolute Gasteiger partial charge is 0.168 e. The van der Waals surface area contributed by atoms with Gasteiger partial charge in [0.1, 0.15) is 5.82 Å². The van der Waals surface area contributed by atoms with Crippen molar-refractivity contribution in [3.63, 3.8) is 0 Å². The summed E-state index contributed by atoms with van der Waals surface area (Å²) in [6, 6.07) is 0.802. The van der Waals surface area contributed by atoms with Crippen molar-refractivity contribution < 1.29 is 13.9 Å². The SMILES string of the molecule is CCCC(CCO)CNc1ncc(F)cc1F. The molecule has 3 nitrogen and oxygen atoms in total. The first-order chi connectivity index (χ1) is 8.17. The summed E-state index contributed by atoms with van der Waals surface area (Å²) in [6.07, 6.45) is 3.61. The molecule has 0 aliphatic heterocycles. The zero-order valence-corrected chi connectivity index (χ0v) is 9.92. The van der Waals surface area contributed by atoms with E-state index in [4.69, 9.17) is 5.11 Å². The van der Waals surface area contributed by atoms with E-state index in [1.165, 1.54) is 0 Å². The molecule has 2 N–H and O–H groups in total. The van der Waals surface area contributed by atoms with Crippen LogP contribution in [0.3, 0.4) is 0 Å². The van der Waals surface area contributed by atoms with Gasteiger partial charge < -0.3 is 10.4 Å². The summed E-state index contributed by atoms with van der Waals surface area (Å²) in [5.41, 5.74) is 0. The molecule has 0 radical (unpaired) electrons. The van der Waals surface area contributed by atoms with E-state index in [1.54, 1.807) is 0 Å². The highest BCUT2D eigenvalue weighted by molar-refractivity contribution is 5.35. The van der Waals surface area contributed by atoms with Crippen molar-refractivity contribution in [2.75, 3.05) is 18.5 Å². The lowest BCUT2D eigenvalue weighted by Gasteiger charge is -2.16. The Morgan fingerprint density at radius 2 is 2.18 bits per heavy atom. The van der Waals surface area contributed by atoms with Crippen LogP contribution in [0.1, 0.15) is 26.2 Å². The van der Waals surface area contributed by atoms with Gasteiger partial charge in [0.25, 0.3) is 0 Å². The fourth-order valence-corrected chi connectivity index (χ4v) is 1.72. The molecular formula is C12H18F2N2O. The number of aliphatic hydroxyl groups excluding tert-OH is 1. The number of nitrogens with one attached hydrogen (secondary N) is 1. The van der Waals surface area contributed by atoms with Crippen LogP contribution in [0.2, 0.25) is 0 Å². The van der Waals surface area contributed by atoms with Crippen molar-refractivity contribution >= 4 is 5.82 Å². The molecule has 1 aromatic rings. The Bertz CT molecular complexity index is 341. The maximum absolute atomic E-state index is 13.3. The minimum atomic E-state index is -0.691. The summed E-state index contributed by atoms with van der Waals surface area (Å²) in [4.78, 5) is 3.65. The van der Waals surface area contributed by atoms with E-state index in [1.807, 2.05) is 0 Å². The third kappa shape index (κ3) is 4.65. The summed E-state index contributed by atoms with van der Waals surface area (Å²) in [6.45, 7) is 2.71. The molecule has 1 unspecified atom stereocenters. The van der Waals surface area contributed by atoms with Gasteiger partial charge in [-0.3, -0.25) is 0 Å². The third-order valence-corrected chi connectivity index (χ3v) is 2.60. The minimum absolute atomic E-state index is 0.0606. The van der Waals surface area contributed by atoms with E-state index in [9.17, 15) is 8.78 Å². The van der Waals surface area contributed by atoms with E-state index < -0.39 is 11.6 Å². The lowest BCUT2D eigenvalue weighted by Crippen LogP contribution is -2.17. The second kappa shape index (κ2) is 7.17. The Kier molecular flexibility index (Phi) is 5.83. The first-order valence-corrected chi connectivity index (χ1v) is 5.83. The monoisotopic (exact) mass is 244 g/mol. The van der Waals surface area contributed by atoms with Crippen LogP contribution in [0.15, 0.2) is 12.3 Å². The first-order valence-electron chi connectivity index (χ1n) is 5.83. The molecule has 96 valence electrons. The van der Waals surface area contributed by atoms with Gasteiger partial charge in [0.2, 0.25) is 0 Å². The van der Waals surface area contributed by atoms with Crippen LogP contribution in [-0.4, -0.2) is 23.2 Å². The Morgan fingerprint density at radius 1 is 1.41 bits per heavy atom. The number of anilines is 1. The molecule has 0 saturated heterocycles. The second-order valence-corrected chi connectivity index (χ2v) is 4.03. The topological polar surface area (TPSA) is 45.1 Å². The van der Waals surface area contributed by atoms with Crippen molar-refractivity contribution in [3.8, 4) is 0 Å². The molecule has 1 rings (SSSR count). The standard InChI is InChI=1S/C12H18F2N2O/c1-2-3-9(4-5-17)7-15-12-11(14)6-10(13)8-16-12/h6,8-9,17H,2-5,7H2,1H3,(H,15,16). The van der Waals surface area contributed by atoms with E-state index in [0.29, 0.717) is 13.0 Å². The van der Waals surface area contributed by atoms with E-state index in [0.717, 1.165) is 25.1 Å². The van der Waals surface area contributed by atoms with Gasteiger partial charge >= 0.3 is 0 Å². The summed E-state index contributed by atoms with van der Waals surface area (Å²) in [7, 11) is 0. The first kappa shape index (κ1) is 13.8. The summed E-state index contributed by atoms with van der Waals surface area (Å²) in [5, 5.41) is 11.7. The molecule has 1 atom stereocenters. The molecule has 1 heterocycles. The van der Waals surface area contributed by atoms with Crippen molar-refractivity contribution in [2.45, 2.75) is 26.2 Å². The van der Waals surface area contributed by atoms with Gasteiger partial charge in [-0.2, -0.15) is 0 Å². The van der Waals surface area contributed by atoms with Crippen LogP contribution in [0.5, 0.6) is 0 Å². The average Bonchev–Trinajstić information content (AvgIpc) is 2.28. The van der Waals surface area contributed by atoms with Crippen LogP contribution >= 0.6 is 0 Å². The van der Waals surface area contributed by atoms with E-state index in [2.05, 4.69) is 17.2 Å². The Hall–Kier alpha value is -1.23. The van der Waals surface area contributed by atoms with Crippen LogP contribution < -0.4 is 5.32 Å². The maximum Gasteiger partial charge on any atom is 0.168 e. The molecule has 0 saturated carbocycles. The molecular weight excluding hydrogens is 226 g/mol. The number of rotatable bonds is 7. The maximum atomic E-state index is 13.3. The molecule has 0 fully saturated rings. The van der Waals surface area contributed by atoms with Crippen LogP contribution in [0.4, 0.5) is 14.6 Å². The second-order valence-electron chi connectivity index (χ2n) is 4.03. The quantitative estimate of drug-likeness (QED) is 0.774. The fourth-order valence-electron chi connectivity index (χ4n) is 1.72. The van der Waals surface area contributed by atoms with Gasteiger partial charge in [-0.25, -0.2) is 13.8 Å². The van der Waals surface area contributed by atoms with Gasteiger partial charge in [0.15, 0.2) is 11.6 Å². The number of aliphatic hydroxyl groups is 1. The van der Waals surface area contributed by atoms with Crippen LogP contribution in [-0.2, 0) is 0 Å². The number of aromatic nitrogens is 1. The molecule has 0 amide bonds. The molecule has 17 heavy (non-hydrogen) atoms. The fraction of sp³-hybridized carbons (Fsp3) is 0.583.